The van der Waals surface area contributed by atoms with Gasteiger partial charge in [0, 0.05) is 13.0 Å². The van der Waals surface area contributed by atoms with Crippen molar-refractivity contribution in [3.05, 3.63) is 36.7 Å². The Morgan fingerprint density at radius 1 is 1.29 bits per heavy atom. The summed E-state index contributed by atoms with van der Waals surface area (Å²) in [4.78, 5) is 25.5. The molecule has 14 heteroatoms. The molecular weight excluding hydrogens is 529 g/mol. The van der Waals surface area contributed by atoms with Gasteiger partial charge in [-0.15, -0.1) is 0 Å². The van der Waals surface area contributed by atoms with Gasteiger partial charge in [0.1, 0.15) is 18.0 Å². The van der Waals surface area contributed by atoms with Crippen molar-refractivity contribution in [2.45, 2.75) is 58.6 Å². The van der Waals surface area contributed by atoms with Gasteiger partial charge in [0.2, 0.25) is 5.95 Å². The largest absolute Gasteiger partial charge is 0.462 e. The number of fused-ring (bicyclic) bond motifs is 1. The number of carbonyl (C=O) groups is 1. The Balaban J connectivity index is 1.48. The first-order chi connectivity index (χ1) is 18.1. The van der Waals surface area contributed by atoms with Gasteiger partial charge in [0.15, 0.2) is 17.0 Å². The highest BCUT2D eigenvalue weighted by Crippen LogP contribution is 2.47. The minimum Gasteiger partial charge on any atom is -0.462 e. The van der Waals surface area contributed by atoms with Crippen molar-refractivity contribution >= 4 is 47.3 Å². The Morgan fingerprint density at radius 2 is 2.03 bits per heavy atom. The highest BCUT2D eigenvalue weighted by atomic mass is 32.5. The third kappa shape index (κ3) is 6.59. The molecular formula is C24H34N7O5PS. The van der Waals surface area contributed by atoms with E-state index < -0.39 is 18.7 Å². The van der Waals surface area contributed by atoms with Gasteiger partial charge < -0.3 is 29.6 Å². The van der Waals surface area contributed by atoms with Gasteiger partial charge in [0.05, 0.1) is 25.1 Å². The van der Waals surface area contributed by atoms with E-state index in [4.69, 9.17) is 36.1 Å². The molecule has 0 radical (unpaired) electrons. The van der Waals surface area contributed by atoms with Crippen LogP contribution in [-0.4, -0.2) is 57.4 Å². The molecule has 2 aromatic heterocycles. The van der Waals surface area contributed by atoms with Crippen molar-refractivity contribution in [1.29, 1.82) is 0 Å². The number of esters is 1. The molecule has 3 heterocycles. The smallest absolute Gasteiger partial charge is 0.323 e. The summed E-state index contributed by atoms with van der Waals surface area (Å²) in [7, 11) is 1.75. The second-order valence-corrected chi connectivity index (χ2v) is 12.5. The van der Waals surface area contributed by atoms with Crippen LogP contribution in [0.3, 0.4) is 0 Å². The average molecular weight is 564 g/mol. The number of aromatic nitrogens is 4. The van der Waals surface area contributed by atoms with Gasteiger partial charge in [-0.3, -0.25) is 9.36 Å². The number of hydrogen-bond donors (Lipinski definition) is 3. The van der Waals surface area contributed by atoms with E-state index in [0.717, 1.165) is 0 Å². The molecule has 1 aromatic carbocycles. The monoisotopic (exact) mass is 563 g/mol. The van der Waals surface area contributed by atoms with E-state index >= 15 is 0 Å². The molecule has 4 N–H and O–H groups in total. The van der Waals surface area contributed by atoms with Crippen molar-refractivity contribution < 1.29 is 23.3 Å². The number of para-hydroxylation sites is 1. The van der Waals surface area contributed by atoms with Crippen LogP contribution < -0.4 is 20.7 Å². The zero-order valence-corrected chi connectivity index (χ0v) is 23.7. The lowest BCUT2D eigenvalue weighted by atomic mass is 10.1. The van der Waals surface area contributed by atoms with Crippen molar-refractivity contribution in [1.82, 2.24) is 24.6 Å². The van der Waals surface area contributed by atoms with Gasteiger partial charge in [-0.25, -0.2) is 10.1 Å². The molecule has 0 saturated carbocycles. The molecule has 0 spiro atoms. The van der Waals surface area contributed by atoms with Gasteiger partial charge in [-0.1, -0.05) is 25.1 Å². The molecule has 1 fully saturated rings. The van der Waals surface area contributed by atoms with Gasteiger partial charge >= 0.3 is 12.6 Å². The van der Waals surface area contributed by atoms with Crippen LogP contribution in [0.15, 0.2) is 36.7 Å². The summed E-state index contributed by atoms with van der Waals surface area (Å²) in [6.45, 7) is 4.33. The van der Waals surface area contributed by atoms with Crippen LogP contribution in [0.4, 0.5) is 11.8 Å². The first kappa shape index (κ1) is 28.2. The quantitative estimate of drug-likeness (QED) is 0.231. The minimum atomic E-state index is -3.17. The Hall–Kier alpha value is -2.83. The number of nitrogens with one attached hydrogen (secondary N) is 2. The maximum absolute atomic E-state index is 12.5. The third-order valence-corrected chi connectivity index (χ3v) is 8.36. The number of ether oxygens (including phenoxy) is 2. The number of nitrogens with zero attached hydrogens (tertiary/aromatic N) is 4. The fraction of sp³-hybridized carbons (Fsp3) is 0.500. The summed E-state index contributed by atoms with van der Waals surface area (Å²) >= 11 is 5.81. The average Bonchev–Trinajstić information content (AvgIpc) is 3.45. The predicted octanol–water partition coefficient (Wildman–Crippen LogP) is 3.62. The summed E-state index contributed by atoms with van der Waals surface area (Å²) < 4.78 is 25.8. The van der Waals surface area contributed by atoms with Gasteiger partial charge in [-0.2, -0.15) is 9.97 Å². The number of nitrogens with two attached hydrogens (primary N) is 1. The van der Waals surface area contributed by atoms with Crippen LogP contribution in [0.25, 0.3) is 11.2 Å². The topological polar surface area (TPSA) is 148 Å². The van der Waals surface area contributed by atoms with Crippen LogP contribution in [0.2, 0.25) is 0 Å². The van der Waals surface area contributed by atoms with E-state index in [1.807, 2.05) is 22.8 Å². The fourth-order valence-electron chi connectivity index (χ4n) is 4.17. The number of nitrogen functional groups attached to an aromatic ring is 1. The van der Waals surface area contributed by atoms with E-state index in [9.17, 15) is 4.79 Å². The standard InChI is InChI=1S/C24H34N7O5PS/c1-14(2)34-23(32)16(4)30-37(38,36-17-9-7-6-8-10-17)33-12-18-11-15(3)22(35-18)31-13-27-19-20(26-5)28-24(25)29-21(19)31/h6-10,13-16,18,22H,11-12H2,1-5H3,(H,30,38)(H3,25,26,28,29)/t15-,16-,18-,22+,37-/m0/s1. The lowest BCUT2D eigenvalue weighted by Gasteiger charge is -2.27. The normalized spacial score (nSPS) is 21.8. The molecule has 3 aromatic rings. The molecule has 1 aliphatic heterocycles. The Kier molecular flexibility index (Phi) is 8.84. The second-order valence-electron chi connectivity index (χ2n) is 9.40. The van der Waals surface area contributed by atoms with E-state index in [0.29, 0.717) is 29.2 Å². The highest BCUT2D eigenvalue weighted by Gasteiger charge is 2.37. The predicted molar refractivity (Wildman–Crippen MR) is 148 cm³/mol. The summed E-state index contributed by atoms with van der Waals surface area (Å²) in [5, 5.41) is 6.06. The van der Waals surface area contributed by atoms with Crippen LogP contribution in [0.1, 0.15) is 40.3 Å². The van der Waals surface area contributed by atoms with Crippen molar-refractivity contribution in [3.63, 3.8) is 0 Å². The van der Waals surface area contributed by atoms with Gasteiger partial charge in [-0.05, 0) is 51.1 Å². The van der Waals surface area contributed by atoms with E-state index in [1.165, 1.54) is 0 Å². The summed E-state index contributed by atoms with van der Waals surface area (Å²) in [5.41, 5.74) is 7.10. The maximum Gasteiger partial charge on any atom is 0.323 e. The minimum absolute atomic E-state index is 0.121. The third-order valence-electron chi connectivity index (χ3n) is 5.86. The number of anilines is 2. The van der Waals surface area contributed by atoms with E-state index in [1.54, 1.807) is 46.3 Å². The molecule has 0 aliphatic carbocycles. The maximum atomic E-state index is 12.5. The molecule has 1 aliphatic rings. The van der Waals surface area contributed by atoms with Crippen molar-refractivity contribution in [3.8, 4) is 5.75 Å². The first-order valence-corrected chi connectivity index (χ1v) is 15.0. The van der Waals surface area contributed by atoms with Crippen molar-refractivity contribution in [2.75, 3.05) is 24.7 Å². The number of imidazole rings is 1. The summed E-state index contributed by atoms with van der Waals surface area (Å²) in [6, 6.07) is 8.38. The zero-order chi connectivity index (χ0) is 27.4. The number of rotatable bonds is 11. The zero-order valence-electron chi connectivity index (χ0n) is 22.0. The van der Waals surface area contributed by atoms with E-state index in [-0.39, 0.29) is 36.9 Å². The lowest BCUT2D eigenvalue weighted by molar-refractivity contribution is -0.149. The number of benzene rings is 1. The Labute approximate surface area is 226 Å². The summed E-state index contributed by atoms with van der Waals surface area (Å²) in [5.74, 6) is 0.912. The van der Waals surface area contributed by atoms with Crippen LogP contribution in [-0.2, 0) is 30.6 Å². The van der Waals surface area contributed by atoms with Crippen LogP contribution in [0, 0.1) is 5.92 Å². The summed E-state index contributed by atoms with van der Waals surface area (Å²) in [6.07, 6.45) is 1.51. The SMILES string of the molecule is CNc1nc(N)nc2c1ncn2[C@@H]1O[C@H](CO[P@@](=S)(N[C@@H](C)C(=O)OC(C)C)Oc2ccccc2)C[C@@H]1C. The molecule has 0 bridgehead atoms. The second kappa shape index (κ2) is 11.9. The van der Waals surface area contributed by atoms with Crippen molar-refractivity contribution in [2.24, 2.45) is 5.92 Å². The Morgan fingerprint density at radius 3 is 2.71 bits per heavy atom. The van der Waals surface area contributed by atoms with Crippen LogP contribution in [0.5, 0.6) is 5.75 Å². The molecule has 1 saturated heterocycles. The molecule has 5 atom stereocenters. The van der Waals surface area contributed by atoms with Gasteiger partial charge in [0.25, 0.3) is 0 Å². The lowest BCUT2D eigenvalue weighted by Crippen LogP contribution is -2.36. The van der Waals surface area contributed by atoms with E-state index in [2.05, 4.69) is 32.3 Å². The molecule has 12 nitrogen and oxygen atoms in total. The Bertz CT molecular complexity index is 1310. The number of hydrogen-bond acceptors (Lipinski definition) is 11. The molecule has 0 amide bonds. The molecule has 38 heavy (non-hydrogen) atoms. The molecule has 4 rings (SSSR count). The molecule has 0 unspecified atom stereocenters. The highest BCUT2D eigenvalue weighted by molar-refractivity contribution is 8.09. The van der Waals surface area contributed by atoms with Crippen LogP contribution >= 0.6 is 6.64 Å². The first-order valence-electron chi connectivity index (χ1n) is 12.4. The number of carbonyl (C=O) groups excluding carboxylic acids is 1. The molecule has 206 valence electrons. The fourth-order valence-corrected chi connectivity index (χ4v) is 6.61.